The Labute approximate surface area is 138 Å². The van der Waals surface area contributed by atoms with Crippen LogP contribution < -0.4 is 5.32 Å². The van der Waals surface area contributed by atoms with E-state index in [1.165, 1.54) is 25.3 Å². The second kappa shape index (κ2) is 9.62. The van der Waals surface area contributed by atoms with Crippen molar-refractivity contribution in [2.45, 2.75) is 38.6 Å². The molecule has 1 saturated heterocycles. The monoisotopic (exact) mass is 334 g/mol. The van der Waals surface area contributed by atoms with E-state index in [-0.39, 0.29) is 23.2 Å². The van der Waals surface area contributed by atoms with Crippen LogP contribution in [0.3, 0.4) is 0 Å². The van der Waals surface area contributed by atoms with E-state index >= 15 is 0 Å². The highest BCUT2D eigenvalue weighted by atomic mass is 35.5. The third kappa shape index (κ3) is 5.41. The Morgan fingerprint density at radius 2 is 2.00 bits per heavy atom. The average Bonchev–Trinajstić information content (AvgIpc) is 2.48. The SMILES string of the molecule is CCCCC[C@@H](c1ccc(F)c(Cl)c1)N1CCNCC1.Cl. The number of hydrogen-bond donors (Lipinski definition) is 1. The lowest BCUT2D eigenvalue weighted by Crippen LogP contribution is -2.45. The Bertz CT molecular complexity index is 423. The Hall–Kier alpha value is -0.350. The van der Waals surface area contributed by atoms with Crippen molar-refractivity contribution in [3.05, 3.63) is 34.6 Å². The van der Waals surface area contributed by atoms with Crippen molar-refractivity contribution in [3.63, 3.8) is 0 Å². The van der Waals surface area contributed by atoms with Crippen molar-refractivity contribution >= 4 is 24.0 Å². The van der Waals surface area contributed by atoms with Gasteiger partial charge < -0.3 is 5.32 Å². The molecule has 2 nitrogen and oxygen atoms in total. The predicted octanol–water partition coefficient (Wildman–Crippen LogP) is 4.43. The smallest absolute Gasteiger partial charge is 0.141 e. The van der Waals surface area contributed by atoms with Crippen molar-refractivity contribution in [1.82, 2.24) is 10.2 Å². The molecule has 0 unspecified atom stereocenters. The van der Waals surface area contributed by atoms with Gasteiger partial charge in [0.25, 0.3) is 0 Å². The van der Waals surface area contributed by atoms with E-state index in [0.29, 0.717) is 6.04 Å². The van der Waals surface area contributed by atoms with E-state index in [1.54, 1.807) is 6.07 Å². The number of nitrogens with zero attached hydrogens (tertiary/aromatic N) is 1. The molecule has 2 rings (SSSR count). The quantitative estimate of drug-likeness (QED) is 0.774. The number of rotatable bonds is 6. The van der Waals surface area contributed by atoms with E-state index in [0.717, 1.165) is 38.2 Å². The molecular weight excluding hydrogens is 310 g/mol. The number of nitrogens with one attached hydrogen (secondary N) is 1. The number of halogens is 3. The molecule has 0 aromatic heterocycles. The first-order valence-electron chi connectivity index (χ1n) is 7.62. The van der Waals surface area contributed by atoms with E-state index < -0.39 is 0 Å². The van der Waals surface area contributed by atoms with Crippen LogP contribution in [-0.4, -0.2) is 31.1 Å². The molecule has 1 aromatic rings. The summed E-state index contributed by atoms with van der Waals surface area (Å²) in [6.45, 7) is 6.37. The van der Waals surface area contributed by atoms with Crippen molar-refractivity contribution in [3.8, 4) is 0 Å². The summed E-state index contributed by atoms with van der Waals surface area (Å²) >= 11 is 5.95. The molecule has 0 radical (unpaired) electrons. The zero-order chi connectivity index (χ0) is 14.4. The molecule has 0 bridgehead atoms. The minimum atomic E-state index is -0.331. The Morgan fingerprint density at radius 3 is 2.62 bits per heavy atom. The predicted molar refractivity (Wildman–Crippen MR) is 90.0 cm³/mol. The topological polar surface area (TPSA) is 15.3 Å². The molecule has 1 heterocycles. The van der Waals surface area contributed by atoms with Gasteiger partial charge in [0.1, 0.15) is 5.82 Å². The van der Waals surface area contributed by atoms with Crippen LogP contribution in [0.4, 0.5) is 4.39 Å². The molecule has 1 aromatic carbocycles. The van der Waals surface area contributed by atoms with Gasteiger partial charge in [0.2, 0.25) is 0 Å². The fraction of sp³-hybridized carbons (Fsp3) is 0.625. The normalized spacial score (nSPS) is 17.3. The molecular formula is C16H25Cl2FN2. The molecule has 0 spiro atoms. The molecule has 1 fully saturated rings. The van der Waals surface area contributed by atoms with E-state index in [1.807, 2.05) is 6.07 Å². The maximum atomic E-state index is 13.4. The largest absolute Gasteiger partial charge is 0.314 e. The van der Waals surface area contributed by atoms with E-state index in [9.17, 15) is 4.39 Å². The van der Waals surface area contributed by atoms with Gasteiger partial charge in [0, 0.05) is 32.2 Å². The third-order valence-corrected chi connectivity index (χ3v) is 4.29. The van der Waals surface area contributed by atoms with Crippen LogP contribution in [0.25, 0.3) is 0 Å². The maximum absolute atomic E-state index is 13.4. The molecule has 1 aliphatic rings. The first-order chi connectivity index (χ1) is 9.72. The summed E-state index contributed by atoms with van der Waals surface area (Å²) < 4.78 is 13.4. The summed E-state index contributed by atoms with van der Waals surface area (Å²) in [5.41, 5.74) is 1.15. The molecule has 1 atom stereocenters. The van der Waals surface area contributed by atoms with Crippen LogP contribution in [0.1, 0.15) is 44.2 Å². The van der Waals surface area contributed by atoms with Gasteiger partial charge in [-0.3, -0.25) is 4.90 Å². The van der Waals surface area contributed by atoms with Gasteiger partial charge >= 0.3 is 0 Å². The number of benzene rings is 1. The number of hydrogen-bond acceptors (Lipinski definition) is 2. The Balaban J connectivity index is 0.00000220. The molecule has 5 heteroatoms. The summed E-state index contributed by atoms with van der Waals surface area (Å²) in [5, 5.41) is 3.62. The van der Waals surface area contributed by atoms with Gasteiger partial charge in [-0.15, -0.1) is 12.4 Å². The summed E-state index contributed by atoms with van der Waals surface area (Å²) in [4.78, 5) is 2.50. The maximum Gasteiger partial charge on any atom is 0.141 e. The van der Waals surface area contributed by atoms with Crippen molar-refractivity contribution in [2.75, 3.05) is 26.2 Å². The highest BCUT2D eigenvalue weighted by Crippen LogP contribution is 2.29. The summed E-state index contributed by atoms with van der Waals surface area (Å²) in [7, 11) is 0. The first-order valence-corrected chi connectivity index (χ1v) is 8.00. The molecule has 120 valence electrons. The van der Waals surface area contributed by atoms with E-state index in [2.05, 4.69) is 17.1 Å². The lowest BCUT2D eigenvalue weighted by molar-refractivity contribution is 0.162. The van der Waals surface area contributed by atoms with Gasteiger partial charge in [0.15, 0.2) is 0 Å². The van der Waals surface area contributed by atoms with Gasteiger partial charge in [-0.2, -0.15) is 0 Å². The van der Waals surface area contributed by atoms with Crippen LogP contribution in [0.2, 0.25) is 5.02 Å². The van der Waals surface area contributed by atoms with Crippen LogP contribution in [-0.2, 0) is 0 Å². The fourth-order valence-electron chi connectivity index (χ4n) is 2.86. The van der Waals surface area contributed by atoms with Crippen molar-refractivity contribution < 1.29 is 4.39 Å². The van der Waals surface area contributed by atoms with Gasteiger partial charge in [-0.1, -0.05) is 43.9 Å². The average molecular weight is 335 g/mol. The summed E-state index contributed by atoms with van der Waals surface area (Å²) in [5.74, 6) is -0.331. The Kier molecular flexibility index (Phi) is 8.57. The van der Waals surface area contributed by atoms with Crippen molar-refractivity contribution in [1.29, 1.82) is 0 Å². The van der Waals surface area contributed by atoms with Crippen molar-refractivity contribution in [2.24, 2.45) is 0 Å². The number of unbranched alkanes of at least 4 members (excludes halogenated alkanes) is 2. The minimum absolute atomic E-state index is 0. The zero-order valence-corrected chi connectivity index (χ0v) is 14.2. The Morgan fingerprint density at radius 1 is 1.29 bits per heavy atom. The number of piperazine rings is 1. The summed E-state index contributed by atoms with van der Waals surface area (Å²) in [6, 6.07) is 5.55. The molecule has 0 aliphatic carbocycles. The van der Waals surface area contributed by atoms with Gasteiger partial charge in [0.05, 0.1) is 5.02 Å². The van der Waals surface area contributed by atoms with Crippen LogP contribution in [0, 0.1) is 5.82 Å². The van der Waals surface area contributed by atoms with Gasteiger partial charge in [-0.05, 0) is 24.1 Å². The molecule has 21 heavy (non-hydrogen) atoms. The fourth-order valence-corrected chi connectivity index (χ4v) is 3.05. The highest BCUT2D eigenvalue weighted by molar-refractivity contribution is 6.30. The molecule has 1 N–H and O–H groups in total. The second-order valence-electron chi connectivity index (χ2n) is 5.47. The highest BCUT2D eigenvalue weighted by Gasteiger charge is 2.22. The van der Waals surface area contributed by atoms with E-state index in [4.69, 9.17) is 11.6 Å². The lowest BCUT2D eigenvalue weighted by atomic mass is 9.98. The summed E-state index contributed by atoms with van der Waals surface area (Å²) in [6.07, 6.45) is 4.80. The lowest BCUT2D eigenvalue weighted by Gasteiger charge is -2.35. The second-order valence-corrected chi connectivity index (χ2v) is 5.88. The van der Waals surface area contributed by atoms with Gasteiger partial charge in [-0.25, -0.2) is 4.39 Å². The zero-order valence-electron chi connectivity index (χ0n) is 12.6. The molecule has 0 saturated carbocycles. The standard InChI is InChI=1S/C16H24ClFN2.ClH/c1-2-3-4-5-16(20-10-8-19-9-11-20)13-6-7-15(18)14(17)12-13;/h6-7,12,16,19H,2-5,8-11H2,1H3;1H/t16-;/m0./s1. The molecule has 1 aliphatic heterocycles. The minimum Gasteiger partial charge on any atom is -0.314 e. The third-order valence-electron chi connectivity index (χ3n) is 4.00. The van der Waals surface area contributed by atoms with Crippen LogP contribution in [0.15, 0.2) is 18.2 Å². The van der Waals surface area contributed by atoms with Crippen LogP contribution in [0.5, 0.6) is 0 Å². The van der Waals surface area contributed by atoms with Crippen LogP contribution >= 0.6 is 24.0 Å². The first kappa shape index (κ1) is 18.7. The molecule has 0 amide bonds.